The first-order valence-electron chi connectivity index (χ1n) is 8.03. The van der Waals surface area contributed by atoms with E-state index in [9.17, 15) is 4.79 Å². The van der Waals surface area contributed by atoms with Crippen LogP contribution in [0.5, 0.6) is 0 Å². The van der Waals surface area contributed by atoms with Crippen molar-refractivity contribution in [2.24, 2.45) is 17.8 Å². The first-order valence-corrected chi connectivity index (χ1v) is 8.03. The molecule has 0 aromatic heterocycles. The van der Waals surface area contributed by atoms with Crippen molar-refractivity contribution >= 4 is 5.91 Å². The number of carbonyl (C=O) groups is 1. The van der Waals surface area contributed by atoms with Gasteiger partial charge in [-0.1, -0.05) is 0 Å². The lowest BCUT2D eigenvalue weighted by Gasteiger charge is -2.36. The lowest BCUT2D eigenvalue weighted by molar-refractivity contribution is -0.207. The highest BCUT2D eigenvalue weighted by Crippen LogP contribution is 2.35. The van der Waals surface area contributed by atoms with Crippen LogP contribution >= 0.6 is 0 Å². The predicted octanol–water partition coefficient (Wildman–Crippen LogP) is 0.381. The van der Waals surface area contributed by atoms with Crippen molar-refractivity contribution in [3.05, 3.63) is 0 Å². The fraction of sp³-hybridized carbons (Fsp3) is 0.933. The van der Waals surface area contributed by atoms with E-state index < -0.39 is 0 Å². The molecule has 120 valence electrons. The minimum absolute atomic E-state index is 0.0469. The molecule has 0 unspecified atom stereocenters. The summed E-state index contributed by atoms with van der Waals surface area (Å²) in [6.45, 7) is 6.36. The molecule has 0 aromatic carbocycles. The Morgan fingerprint density at radius 3 is 2.95 bits per heavy atom. The summed E-state index contributed by atoms with van der Waals surface area (Å²) < 4.78 is 10.9. The van der Waals surface area contributed by atoms with Crippen LogP contribution in [-0.2, 0) is 19.1 Å². The van der Waals surface area contributed by atoms with E-state index in [0.29, 0.717) is 25.0 Å². The predicted molar refractivity (Wildman–Crippen MR) is 76.5 cm³/mol. The quantitative estimate of drug-likeness (QED) is 0.751. The van der Waals surface area contributed by atoms with Crippen LogP contribution in [0.4, 0.5) is 0 Å². The van der Waals surface area contributed by atoms with Gasteiger partial charge in [-0.15, -0.1) is 0 Å². The Bertz CT molecular complexity index is 360. The van der Waals surface area contributed by atoms with Gasteiger partial charge in [-0.3, -0.25) is 9.63 Å². The van der Waals surface area contributed by atoms with E-state index in [-0.39, 0.29) is 11.8 Å². The summed E-state index contributed by atoms with van der Waals surface area (Å²) in [6.07, 6.45) is 2.08. The van der Waals surface area contributed by atoms with Crippen LogP contribution in [0.2, 0.25) is 0 Å². The van der Waals surface area contributed by atoms with Crippen molar-refractivity contribution in [1.82, 2.24) is 9.96 Å². The summed E-state index contributed by atoms with van der Waals surface area (Å²) in [5.41, 5.74) is 0. The average Bonchev–Trinajstić information content (AvgIpc) is 2.96. The minimum Gasteiger partial charge on any atom is -0.383 e. The van der Waals surface area contributed by atoms with Gasteiger partial charge in [0.15, 0.2) is 0 Å². The van der Waals surface area contributed by atoms with E-state index in [1.165, 1.54) is 0 Å². The molecule has 3 aliphatic rings. The highest BCUT2D eigenvalue weighted by molar-refractivity contribution is 5.78. The lowest BCUT2D eigenvalue weighted by Crippen LogP contribution is -2.47. The summed E-state index contributed by atoms with van der Waals surface area (Å²) in [5.74, 6) is 0.940. The third-order valence-electron chi connectivity index (χ3n) is 4.89. The molecule has 3 fully saturated rings. The summed E-state index contributed by atoms with van der Waals surface area (Å²) in [6, 6.07) is 0. The SMILES string of the molecule is COCCN1C[C@@H]2COC[C@H](C(=O)N3CCCCO3)[C@@H]2C1. The minimum atomic E-state index is -0.0469. The highest BCUT2D eigenvalue weighted by atomic mass is 16.7. The van der Waals surface area contributed by atoms with Gasteiger partial charge in [0.05, 0.1) is 32.3 Å². The van der Waals surface area contributed by atoms with Gasteiger partial charge < -0.3 is 14.4 Å². The van der Waals surface area contributed by atoms with Gasteiger partial charge in [-0.05, 0) is 24.7 Å². The number of methoxy groups -OCH3 is 1. The van der Waals surface area contributed by atoms with Gasteiger partial charge >= 0.3 is 0 Å². The molecule has 0 spiro atoms. The van der Waals surface area contributed by atoms with E-state index in [4.69, 9.17) is 14.3 Å². The number of nitrogens with zero attached hydrogens (tertiary/aromatic N) is 2. The lowest BCUT2D eigenvalue weighted by atomic mass is 9.82. The Hall–Kier alpha value is -0.690. The summed E-state index contributed by atoms with van der Waals surface area (Å²) in [7, 11) is 1.73. The van der Waals surface area contributed by atoms with Crippen molar-refractivity contribution in [3.8, 4) is 0 Å². The fourth-order valence-electron chi connectivity index (χ4n) is 3.70. The second kappa shape index (κ2) is 7.05. The van der Waals surface area contributed by atoms with E-state index in [1.54, 1.807) is 12.2 Å². The number of hydroxylamine groups is 2. The number of ether oxygens (including phenoxy) is 2. The molecule has 3 atom stereocenters. The third kappa shape index (κ3) is 3.39. The maximum absolute atomic E-state index is 12.7. The van der Waals surface area contributed by atoms with E-state index in [1.807, 2.05) is 0 Å². The zero-order chi connectivity index (χ0) is 14.7. The van der Waals surface area contributed by atoms with Crippen LogP contribution in [0.1, 0.15) is 12.8 Å². The smallest absolute Gasteiger partial charge is 0.251 e. The molecule has 0 aliphatic carbocycles. The van der Waals surface area contributed by atoms with Gasteiger partial charge in [0.1, 0.15) is 0 Å². The van der Waals surface area contributed by atoms with Gasteiger partial charge in [-0.2, -0.15) is 0 Å². The van der Waals surface area contributed by atoms with Crippen LogP contribution in [-0.4, -0.2) is 75.6 Å². The monoisotopic (exact) mass is 298 g/mol. The Morgan fingerprint density at radius 1 is 1.29 bits per heavy atom. The van der Waals surface area contributed by atoms with Crippen LogP contribution in [0.15, 0.2) is 0 Å². The standard InChI is InChI=1S/C15H26N2O4/c1-19-7-5-16-8-12-10-20-11-14(13(12)9-16)15(18)17-4-2-3-6-21-17/h12-14H,2-11H2,1H3/t12-,13-,14+/m1/s1. The van der Waals surface area contributed by atoms with Gasteiger partial charge in [0.25, 0.3) is 5.91 Å². The van der Waals surface area contributed by atoms with Gasteiger partial charge in [0.2, 0.25) is 0 Å². The van der Waals surface area contributed by atoms with Gasteiger partial charge in [0, 0.05) is 33.3 Å². The van der Waals surface area contributed by atoms with E-state index in [0.717, 1.165) is 52.2 Å². The van der Waals surface area contributed by atoms with E-state index >= 15 is 0 Å². The summed E-state index contributed by atoms with van der Waals surface area (Å²) >= 11 is 0. The van der Waals surface area contributed by atoms with Crippen molar-refractivity contribution in [1.29, 1.82) is 0 Å². The highest BCUT2D eigenvalue weighted by Gasteiger charge is 2.45. The maximum atomic E-state index is 12.7. The first kappa shape index (κ1) is 15.2. The molecule has 0 radical (unpaired) electrons. The molecular weight excluding hydrogens is 272 g/mol. The van der Waals surface area contributed by atoms with Crippen molar-refractivity contribution in [2.75, 3.05) is 59.7 Å². The Morgan fingerprint density at radius 2 is 2.19 bits per heavy atom. The molecule has 3 rings (SSSR count). The zero-order valence-electron chi connectivity index (χ0n) is 12.8. The normalized spacial score (nSPS) is 34.0. The molecule has 3 aliphatic heterocycles. The van der Waals surface area contributed by atoms with Crippen LogP contribution in [0.25, 0.3) is 0 Å². The molecule has 3 saturated heterocycles. The third-order valence-corrected chi connectivity index (χ3v) is 4.89. The number of amides is 1. The van der Waals surface area contributed by atoms with Crippen LogP contribution in [0.3, 0.4) is 0 Å². The molecule has 6 heteroatoms. The molecule has 0 saturated carbocycles. The fourth-order valence-corrected chi connectivity index (χ4v) is 3.70. The van der Waals surface area contributed by atoms with Crippen molar-refractivity contribution < 1.29 is 19.1 Å². The summed E-state index contributed by atoms with van der Waals surface area (Å²) in [5, 5.41) is 1.58. The molecule has 0 bridgehead atoms. The maximum Gasteiger partial charge on any atom is 0.251 e. The Kier molecular flexibility index (Phi) is 5.11. The molecule has 0 aromatic rings. The number of fused-ring (bicyclic) bond motifs is 1. The Balaban J connectivity index is 1.61. The second-order valence-corrected chi connectivity index (χ2v) is 6.30. The van der Waals surface area contributed by atoms with E-state index in [2.05, 4.69) is 4.90 Å². The molecule has 6 nitrogen and oxygen atoms in total. The number of hydrogen-bond donors (Lipinski definition) is 0. The second-order valence-electron chi connectivity index (χ2n) is 6.30. The summed E-state index contributed by atoms with van der Waals surface area (Å²) in [4.78, 5) is 20.6. The van der Waals surface area contributed by atoms with Crippen molar-refractivity contribution in [2.45, 2.75) is 12.8 Å². The molecule has 0 N–H and O–H groups in total. The molecular formula is C15H26N2O4. The molecule has 3 heterocycles. The number of likely N-dealkylation sites (tertiary alicyclic amines) is 1. The number of carbonyl (C=O) groups excluding carboxylic acids is 1. The molecule has 1 amide bonds. The number of hydrogen-bond acceptors (Lipinski definition) is 5. The van der Waals surface area contributed by atoms with Crippen LogP contribution in [0, 0.1) is 17.8 Å². The number of rotatable bonds is 4. The average molecular weight is 298 g/mol. The topological polar surface area (TPSA) is 51.2 Å². The molecule has 21 heavy (non-hydrogen) atoms. The van der Waals surface area contributed by atoms with Gasteiger partial charge in [-0.25, -0.2) is 5.06 Å². The zero-order valence-corrected chi connectivity index (χ0v) is 12.8. The largest absolute Gasteiger partial charge is 0.383 e. The van der Waals surface area contributed by atoms with Crippen molar-refractivity contribution in [3.63, 3.8) is 0 Å². The van der Waals surface area contributed by atoms with Crippen LogP contribution < -0.4 is 0 Å². The first-order chi connectivity index (χ1) is 10.3. The Labute approximate surface area is 126 Å².